The van der Waals surface area contributed by atoms with Crippen LogP contribution in [0.4, 0.5) is 0 Å². The summed E-state index contributed by atoms with van der Waals surface area (Å²) in [4.78, 5) is 16.4. The fraction of sp³-hybridized carbons (Fsp3) is 0.273. The Morgan fingerprint density at radius 2 is 1.57 bits per heavy atom. The number of carbonyl (C=O) groups is 1. The molecule has 0 saturated carbocycles. The van der Waals surface area contributed by atoms with Crippen molar-refractivity contribution in [3.05, 3.63) is 77.8 Å². The molecule has 146 valence electrons. The highest BCUT2D eigenvalue weighted by molar-refractivity contribution is 7.91. The van der Waals surface area contributed by atoms with E-state index in [0.717, 1.165) is 11.1 Å². The summed E-state index contributed by atoms with van der Waals surface area (Å²) in [7, 11) is -3.25. The predicted octanol–water partition coefficient (Wildman–Crippen LogP) is 4.48. The van der Waals surface area contributed by atoms with Gasteiger partial charge in [0.25, 0.3) is 0 Å². The van der Waals surface area contributed by atoms with Crippen LogP contribution in [-0.2, 0) is 22.0 Å². The first-order valence-corrected chi connectivity index (χ1v) is 10.6. The van der Waals surface area contributed by atoms with Gasteiger partial charge < -0.3 is 4.42 Å². The van der Waals surface area contributed by atoms with Gasteiger partial charge in [-0.15, -0.1) is 0 Å². The number of hydrogen-bond acceptors (Lipinski definition) is 5. The van der Waals surface area contributed by atoms with Crippen molar-refractivity contribution in [1.29, 1.82) is 0 Å². The van der Waals surface area contributed by atoms with E-state index in [1.807, 2.05) is 24.3 Å². The van der Waals surface area contributed by atoms with Gasteiger partial charge in [0.1, 0.15) is 0 Å². The van der Waals surface area contributed by atoms with Crippen molar-refractivity contribution in [2.75, 3.05) is 0 Å². The van der Waals surface area contributed by atoms with E-state index >= 15 is 0 Å². The Balaban J connectivity index is 1.66. The number of benzene rings is 2. The second-order valence-corrected chi connectivity index (χ2v) is 10.5. The van der Waals surface area contributed by atoms with Gasteiger partial charge >= 0.3 is 0 Å². The molecule has 0 bridgehead atoms. The van der Waals surface area contributed by atoms with E-state index in [-0.39, 0.29) is 18.0 Å². The summed E-state index contributed by atoms with van der Waals surface area (Å²) in [5.74, 6) is 0.630. The average Bonchev–Trinajstić information content (AvgIpc) is 3.16. The summed E-state index contributed by atoms with van der Waals surface area (Å²) in [6.07, 6.45) is 3.29. The van der Waals surface area contributed by atoms with Gasteiger partial charge in [0.15, 0.2) is 27.8 Å². The normalized spacial score (nSPS) is 12.1. The van der Waals surface area contributed by atoms with Crippen LogP contribution in [0.3, 0.4) is 0 Å². The van der Waals surface area contributed by atoms with Crippen LogP contribution in [0.5, 0.6) is 0 Å². The summed E-state index contributed by atoms with van der Waals surface area (Å²) in [5.41, 5.74) is 3.05. The van der Waals surface area contributed by atoms with E-state index < -0.39 is 14.6 Å². The lowest BCUT2D eigenvalue weighted by Crippen LogP contribution is -2.29. The topological polar surface area (TPSA) is 77.2 Å². The third-order valence-electron chi connectivity index (χ3n) is 4.60. The molecule has 2 aromatic carbocycles. The fourth-order valence-corrected chi connectivity index (χ4v) is 3.72. The molecule has 0 radical (unpaired) electrons. The molecule has 0 aliphatic carbocycles. The maximum Gasteiger partial charge on any atom is 0.181 e. The Morgan fingerprint density at radius 3 is 2.11 bits per heavy atom. The van der Waals surface area contributed by atoms with Crippen LogP contribution in [0, 0.1) is 0 Å². The van der Waals surface area contributed by atoms with Gasteiger partial charge in [-0.25, -0.2) is 13.4 Å². The van der Waals surface area contributed by atoms with Gasteiger partial charge in [0.05, 0.1) is 16.7 Å². The predicted molar refractivity (Wildman–Crippen MR) is 109 cm³/mol. The van der Waals surface area contributed by atoms with Gasteiger partial charge in [-0.3, -0.25) is 4.79 Å². The summed E-state index contributed by atoms with van der Waals surface area (Å²) in [6, 6.07) is 14.4. The number of oxazole rings is 1. The Morgan fingerprint density at radius 1 is 0.964 bits per heavy atom. The molecular formula is C22H23NO4S. The zero-order valence-corrected chi connectivity index (χ0v) is 17.0. The van der Waals surface area contributed by atoms with Crippen molar-refractivity contribution in [1.82, 2.24) is 4.98 Å². The van der Waals surface area contributed by atoms with E-state index in [9.17, 15) is 13.2 Å². The first-order valence-electron chi connectivity index (χ1n) is 8.98. The third-order valence-corrected chi connectivity index (χ3v) is 7.18. The molecule has 0 N–H and O–H groups in total. The van der Waals surface area contributed by atoms with E-state index in [1.165, 1.54) is 6.39 Å². The molecule has 0 aliphatic rings. The SMILES string of the molecule is CC(C)(C)S(=O)(=O)Cc1ccc(C(=O)Cc2ccc(-c3cnco3)cc2)cc1. The minimum atomic E-state index is -3.25. The number of hydrogen-bond donors (Lipinski definition) is 0. The van der Waals surface area contributed by atoms with Gasteiger partial charge in [-0.1, -0.05) is 48.5 Å². The summed E-state index contributed by atoms with van der Waals surface area (Å²) in [6.45, 7) is 5.07. The highest BCUT2D eigenvalue weighted by Crippen LogP contribution is 2.22. The number of sulfone groups is 1. The van der Waals surface area contributed by atoms with Crippen molar-refractivity contribution in [2.24, 2.45) is 0 Å². The van der Waals surface area contributed by atoms with Crippen LogP contribution >= 0.6 is 0 Å². The molecule has 0 fully saturated rings. The van der Waals surface area contributed by atoms with E-state index in [0.29, 0.717) is 16.9 Å². The molecule has 0 saturated heterocycles. The van der Waals surface area contributed by atoms with E-state index in [4.69, 9.17) is 4.42 Å². The smallest absolute Gasteiger partial charge is 0.181 e. The second kappa shape index (κ2) is 7.72. The number of aromatic nitrogens is 1. The molecule has 0 unspecified atom stereocenters. The first-order chi connectivity index (χ1) is 13.2. The molecule has 0 amide bonds. The summed E-state index contributed by atoms with van der Waals surface area (Å²) in [5, 5.41) is 0. The number of ketones is 1. The quantitative estimate of drug-likeness (QED) is 0.573. The van der Waals surface area contributed by atoms with Crippen molar-refractivity contribution in [3.63, 3.8) is 0 Å². The monoisotopic (exact) mass is 397 g/mol. The molecule has 3 rings (SSSR count). The lowest BCUT2D eigenvalue weighted by Gasteiger charge is -2.19. The second-order valence-electron chi connectivity index (χ2n) is 7.73. The number of carbonyl (C=O) groups excluding carboxylic acids is 1. The number of nitrogens with zero attached hydrogens (tertiary/aromatic N) is 1. The van der Waals surface area contributed by atoms with E-state index in [1.54, 1.807) is 51.2 Å². The Hall–Kier alpha value is -2.73. The summed E-state index contributed by atoms with van der Waals surface area (Å²) < 4.78 is 29.1. The van der Waals surface area contributed by atoms with Crippen molar-refractivity contribution >= 4 is 15.6 Å². The zero-order chi connectivity index (χ0) is 20.4. The minimum Gasteiger partial charge on any atom is -0.444 e. The van der Waals surface area contributed by atoms with Gasteiger partial charge in [-0.05, 0) is 31.9 Å². The zero-order valence-electron chi connectivity index (χ0n) is 16.2. The fourth-order valence-electron chi connectivity index (χ4n) is 2.66. The molecule has 0 aliphatic heterocycles. The molecule has 0 spiro atoms. The highest BCUT2D eigenvalue weighted by atomic mass is 32.2. The van der Waals surface area contributed by atoms with E-state index in [2.05, 4.69) is 4.98 Å². The molecule has 28 heavy (non-hydrogen) atoms. The number of Topliss-reactive ketones (excluding diaryl/α,β-unsaturated/α-hetero) is 1. The third kappa shape index (κ3) is 4.57. The highest BCUT2D eigenvalue weighted by Gasteiger charge is 2.28. The molecule has 3 aromatic rings. The maximum atomic E-state index is 12.5. The molecule has 0 atom stereocenters. The van der Waals surface area contributed by atoms with Crippen LogP contribution in [0.15, 0.2) is 65.5 Å². The van der Waals surface area contributed by atoms with Crippen molar-refractivity contribution in [2.45, 2.75) is 37.7 Å². The molecule has 1 aromatic heterocycles. The Kier molecular flexibility index (Phi) is 5.52. The Labute approximate surface area is 165 Å². The van der Waals surface area contributed by atoms with Crippen molar-refractivity contribution in [3.8, 4) is 11.3 Å². The standard InChI is InChI=1S/C22H23NO4S/c1-22(2,3)28(25,26)14-17-6-8-18(9-7-17)20(24)12-16-4-10-19(11-5-16)21-13-23-15-27-21/h4-11,13,15H,12,14H2,1-3H3. The Bertz CT molecular complexity index is 1040. The average molecular weight is 397 g/mol. The van der Waals surface area contributed by atoms with Gasteiger partial charge in [0.2, 0.25) is 0 Å². The van der Waals surface area contributed by atoms with Crippen LogP contribution in [0.2, 0.25) is 0 Å². The lowest BCUT2D eigenvalue weighted by molar-refractivity contribution is 0.0993. The van der Waals surface area contributed by atoms with Gasteiger partial charge in [0, 0.05) is 17.5 Å². The molecule has 1 heterocycles. The minimum absolute atomic E-state index is 0.0161. The number of rotatable bonds is 6. The van der Waals surface area contributed by atoms with Crippen LogP contribution < -0.4 is 0 Å². The lowest BCUT2D eigenvalue weighted by atomic mass is 10.0. The molecule has 6 heteroatoms. The van der Waals surface area contributed by atoms with Crippen LogP contribution in [-0.4, -0.2) is 23.9 Å². The maximum absolute atomic E-state index is 12.5. The van der Waals surface area contributed by atoms with Crippen LogP contribution in [0.1, 0.15) is 42.3 Å². The first kappa shape index (κ1) is 20.0. The van der Waals surface area contributed by atoms with Crippen LogP contribution in [0.25, 0.3) is 11.3 Å². The summed E-state index contributed by atoms with van der Waals surface area (Å²) >= 11 is 0. The molecular weight excluding hydrogens is 374 g/mol. The van der Waals surface area contributed by atoms with Crippen molar-refractivity contribution < 1.29 is 17.6 Å². The largest absolute Gasteiger partial charge is 0.444 e. The molecule has 5 nitrogen and oxygen atoms in total. The van der Waals surface area contributed by atoms with Gasteiger partial charge in [-0.2, -0.15) is 0 Å².